The van der Waals surface area contributed by atoms with Gasteiger partial charge in [0.25, 0.3) is 0 Å². The number of para-hydroxylation sites is 1. The van der Waals surface area contributed by atoms with Crippen molar-refractivity contribution in [3.8, 4) is 10.7 Å². The van der Waals surface area contributed by atoms with Crippen molar-refractivity contribution in [1.29, 1.82) is 0 Å². The van der Waals surface area contributed by atoms with Crippen molar-refractivity contribution in [3.05, 3.63) is 48.7 Å². The summed E-state index contributed by atoms with van der Waals surface area (Å²) in [7, 11) is 0. The minimum atomic E-state index is 1.08. The topological polar surface area (TPSA) is 16.8 Å². The third-order valence-electron chi connectivity index (χ3n) is 3.71. The molecular weight excluding hydrogens is 276 g/mol. The number of fused-ring (bicyclic) bond motifs is 1. The zero-order valence-electron chi connectivity index (χ0n) is 12.5. The van der Waals surface area contributed by atoms with Crippen LogP contribution in [0.2, 0.25) is 0 Å². The zero-order chi connectivity index (χ0) is 14.5. The molecule has 0 spiro atoms. The second kappa shape index (κ2) is 6.81. The van der Waals surface area contributed by atoms with Crippen molar-refractivity contribution in [3.63, 3.8) is 0 Å². The van der Waals surface area contributed by atoms with Crippen LogP contribution in [0.3, 0.4) is 0 Å². The van der Waals surface area contributed by atoms with E-state index >= 15 is 0 Å². The van der Waals surface area contributed by atoms with Crippen LogP contribution in [-0.2, 0) is 6.54 Å². The Kier molecular flexibility index (Phi) is 4.61. The standard InChI is InChI=1S/C18H21N2S/c1-2-3-4-8-13-20-14-9-7-11-16(20)18-19-15-10-5-6-12-17(15)21-18/h5-7,9-12,14H,2-4,8,13H2,1H3/q+1. The van der Waals surface area contributed by atoms with Crippen LogP contribution in [0.1, 0.15) is 32.6 Å². The third kappa shape index (κ3) is 3.30. The lowest BCUT2D eigenvalue weighted by Crippen LogP contribution is -2.35. The normalized spacial score (nSPS) is 11.1. The van der Waals surface area contributed by atoms with E-state index in [4.69, 9.17) is 4.98 Å². The third-order valence-corrected chi connectivity index (χ3v) is 4.77. The van der Waals surface area contributed by atoms with Crippen molar-refractivity contribution < 1.29 is 4.57 Å². The van der Waals surface area contributed by atoms with Gasteiger partial charge in [0.2, 0.25) is 5.69 Å². The fourth-order valence-corrected chi connectivity index (χ4v) is 3.56. The molecule has 2 aromatic heterocycles. The van der Waals surface area contributed by atoms with Gasteiger partial charge in [0.15, 0.2) is 11.2 Å². The minimum Gasteiger partial charge on any atom is -0.230 e. The second-order valence-electron chi connectivity index (χ2n) is 5.33. The molecule has 0 aliphatic heterocycles. The highest BCUT2D eigenvalue weighted by atomic mass is 32.1. The van der Waals surface area contributed by atoms with E-state index in [0.29, 0.717) is 0 Å². The summed E-state index contributed by atoms with van der Waals surface area (Å²) in [6.07, 6.45) is 7.32. The maximum atomic E-state index is 4.79. The molecule has 3 rings (SSSR count). The van der Waals surface area contributed by atoms with E-state index < -0.39 is 0 Å². The molecule has 3 heteroatoms. The molecule has 0 bridgehead atoms. The number of aryl methyl sites for hydroxylation is 1. The van der Waals surface area contributed by atoms with Gasteiger partial charge in [-0.15, -0.1) is 11.3 Å². The molecule has 0 aliphatic carbocycles. The fraction of sp³-hybridized carbons (Fsp3) is 0.333. The van der Waals surface area contributed by atoms with Gasteiger partial charge >= 0.3 is 0 Å². The van der Waals surface area contributed by atoms with Gasteiger partial charge in [-0.05, 0) is 24.6 Å². The van der Waals surface area contributed by atoms with Gasteiger partial charge in [0, 0.05) is 18.6 Å². The quantitative estimate of drug-likeness (QED) is 0.470. The predicted octanol–water partition coefficient (Wildman–Crippen LogP) is 4.83. The number of hydrogen-bond donors (Lipinski definition) is 0. The Morgan fingerprint density at radius 3 is 2.71 bits per heavy atom. The van der Waals surface area contributed by atoms with Gasteiger partial charge in [-0.25, -0.2) is 4.98 Å². The van der Waals surface area contributed by atoms with Crippen LogP contribution >= 0.6 is 11.3 Å². The highest BCUT2D eigenvalue weighted by Gasteiger charge is 2.16. The summed E-state index contributed by atoms with van der Waals surface area (Å²) in [5, 5.41) is 1.12. The first-order chi connectivity index (χ1) is 10.4. The molecule has 0 atom stereocenters. The lowest BCUT2D eigenvalue weighted by atomic mass is 10.2. The number of hydrogen-bond acceptors (Lipinski definition) is 2. The summed E-state index contributed by atoms with van der Waals surface area (Å²) < 4.78 is 3.60. The summed E-state index contributed by atoms with van der Waals surface area (Å²) in [6, 6.07) is 14.7. The molecule has 0 N–H and O–H groups in total. The summed E-state index contributed by atoms with van der Waals surface area (Å²) in [5.41, 5.74) is 2.33. The van der Waals surface area contributed by atoms with E-state index in [1.807, 2.05) is 0 Å². The van der Waals surface area contributed by atoms with E-state index in [1.54, 1.807) is 11.3 Å². The molecule has 0 amide bonds. The van der Waals surface area contributed by atoms with Crippen LogP contribution in [0.25, 0.3) is 20.9 Å². The number of benzene rings is 1. The maximum absolute atomic E-state index is 4.79. The Labute approximate surface area is 130 Å². The average molecular weight is 297 g/mol. The van der Waals surface area contributed by atoms with Gasteiger partial charge in [-0.2, -0.15) is 4.57 Å². The smallest absolute Gasteiger partial charge is 0.230 e. The minimum absolute atomic E-state index is 1.08. The number of aromatic nitrogens is 2. The zero-order valence-corrected chi connectivity index (χ0v) is 13.3. The van der Waals surface area contributed by atoms with Gasteiger partial charge in [0.05, 0.1) is 10.2 Å². The molecule has 0 unspecified atom stereocenters. The number of nitrogens with zero attached hydrogens (tertiary/aromatic N) is 2. The van der Waals surface area contributed by atoms with Gasteiger partial charge in [0.1, 0.15) is 6.54 Å². The highest BCUT2D eigenvalue weighted by Crippen LogP contribution is 2.27. The average Bonchev–Trinajstić information content (AvgIpc) is 2.96. The van der Waals surface area contributed by atoms with E-state index in [2.05, 4.69) is 60.2 Å². The van der Waals surface area contributed by atoms with E-state index in [-0.39, 0.29) is 0 Å². The maximum Gasteiger partial charge on any atom is 0.241 e. The molecule has 108 valence electrons. The van der Waals surface area contributed by atoms with Crippen molar-refractivity contribution in [1.82, 2.24) is 4.98 Å². The molecular formula is C18H21N2S+. The first-order valence-electron chi connectivity index (χ1n) is 7.73. The number of thiazole rings is 1. The predicted molar refractivity (Wildman–Crippen MR) is 89.4 cm³/mol. The van der Waals surface area contributed by atoms with Crippen LogP contribution in [0.15, 0.2) is 48.7 Å². The molecule has 0 radical (unpaired) electrons. The largest absolute Gasteiger partial charge is 0.241 e. The lowest BCUT2D eigenvalue weighted by Gasteiger charge is -2.01. The van der Waals surface area contributed by atoms with Crippen LogP contribution in [-0.4, -0.2) is 4.98 Å². The summed E-state index contributed by atoms with van der Waals surface area (Å²) in [4.78, 5) is 4.79. The summed E-state index contributed by atoms with van der Waals surface area (Å²) in [5.74, 6) is 0. The number of pyridine rings is 1. The van der Waals surface area contributed by atoms with Crippen molar-refractivity contribution in [2.24, 2.45) is 0 Å². The van der Waals surface area contributed by atoms with Crippen LogP contribution < -0.4 is 4.57 Å². The summed E-state index contributed by atoms with van der Waals surface area (Å²) >= 11 is 1.78. The Bertz CT molecular complexity index is 685. The molecule has 2 heterocycles. The van der Waals surface area contributed by atoms with Crippen molar-refractivity contribution in [2.75, 3.05) is 0 Å². The van der Waals surface area contributed by atoms with Gasteiger partial charge in [-0.1, -0.05) is 31.9 Å². The van der Waals surface area contributed by atoms with E-state index in [0.717, 1.165) is 17.1 Å². The van der Waals surface area contributed by atoms with Crippen molar-refractivity contribution >= 4 is 21.6 Å². The molecule has 2 nitrogen and oxygen atoms in total. The number of rotatable bonds is 6. The van der Waals surface area contributed by atoms with Gasteiger partial charge in [-0.3, -0.25) is 0 Å². The first kappa shape index (κ1) is 14.2. The van der Waals surface area contributed by atoms with Gasteiger partial charge < -0.3 is 0 Å². The second-order valence-corrected chi connectivity index (χ2v) is 6.36. The van der Waals surface area contributed by atoms with Crippen LogP contribution in [0.4, 0.5) is 0 Å². The van der Waals surface area contributed by atoms with Crippen LogP contribution in [0, 0.1) is 0 Å². The summed E-state index contributed by atoms with van der Waals surface area (Å²) in [6.45, 7) is 3.33. The van der Waals surface area contributed by atoms with Crippen LogP contribution in [0.5, 0.6) is 0 Å². The van der Waals surface area contributed by atoms with E-state index in [1.165, 1.54) is 36.1 Å². The van der Waals surface area contributed by atoms with Crippen molar-refractivity contribution in [2.45, 2.75) is 39.2 Å². The molecule has 0 aliphatic rings. The molecule has 0 saturated heterocycles. The molecule has 0 fully saturated rings. The van der Waals surface area contributed by atoms with E-state index in [9.17, 15) is 0 Å². The first-order valence-corrected chi connectivity index (χ1v) is 8.54. The Balaban J connectivity index is 1.87. The number of unbranched alkanes of at least 4 members (excludes halogenated alkanes) is 3. The monoisotopic (exact) mass is 297 g/mol. The lowest BCUT2D eigenvalue weighted by molar-refractivity contribution is -0.686. The molecule has 21 heavy (non-hydrogen) atoms. The molecule has 1 aromatic carbocycles. The molecule has 0 saturated carbocycles. The fourth-order valence-electron chi connectivity index (χ4n) is 2.56. The Morgan fingerprint density at radius 2 is 1.86 bits per heavy atom. The molecule has 3 aromatic rings. The SMILES string of the molecule is CCCCCC[n+]1ccccc1-c1nc2ccccc2s1. The highest BCUT2D eigenvalue weighted by molar-refractivity contribution is 7.21. The Hall–Kier alpha value is -1.74. The Morgan fingerprint density at radius 1 is 1.00 bits per heavy atom.